The van der Waals surface area contributed by atoms with E-state index in [9.17, 15) is 22.8 Å². The van der Waals surface area contributed by atoms with Crippen LogP contribution in [0.1, 0.15) is 26.7 Å². The molecule has 3 rings (SSSR count). The Balaban J connectivity index is 1.63. The maximum atomic E-state index is 12.4. The minimum atomic E-state index is -4.75. The lowest BCUT2D eigenvalue weighted by Crippen LogP contribution is -2.13. The van der Waals surface area contributed by atoms with Crippen molar-refractivity contribution in [2.45, 2.75) is 6.18 Å². The number of alkyl halides is 3. The molecule has 0 radical (unpaired) electrons. The van der Waals surface area contributed by atoms with Gasteiger partial charge in [-0.3, -0.25) is 9.78 Å². The predicted molar refractivity (Wildman–Crippen MR) is 82.9 cm³/mol. The molecule has 8 nitrogen and oxygen atoms in total. The van der Waals surface area contributed by atoms with E-state index in [2.05, 4.69) is 24.7 Å². The average Bonchev–Trinajstić information content (AvgIpc) is 3.12. The van der Waals surface area contributed by atoms with Crippen LogP contribution in [0.25, 0.3) is 0 Å². The summed E-state index contributed by atoms with van der Waals surface area (Å²) in [6.07, 6.45) is -0.110. The molecule has 2 heterocycles. The fraction of sp³-hybridized carbons (Fsp3) is 0.0625. The maximum absolute atomic E-state index is 12.4. The molecule has 138 valence electrons. The van der Waals surface area contributed by atoms with Crippen molar-refractivity contribution in [2.24, 2.45) is 0 Å². The van der Waals surface area contributed by atoms with Crippen LogP contribution in [0, 0.1) is 0 Å². The molecular formula is C16H9F3N4O4. The van der Waals surface area contributed by atoms with Crippen molar-refractivity contribution in [1.29, 1.82) is 0 Å². The summed E-state index contributed by atoms with van der Waals surface area (Å²) >= 11 is 0. The highest BCUT2D eigenvalue weighted by atomic mass is 19.4. The van der Waals surface area contributed by atoms with E-state index in [1.807, 2.05) is 0 Å². The number of amides is 1. The second-order valence-electron chi connectivity index (χ2n) is 4.99. The van der Waals surface area contributed by atoms with Crippen LogP contribution in [0.5, 0.6) is 5.75 Å². The van der Waals surface area contributed by atoms with E-state index in [-0.39, 0.29) is 22.8 Å². The summed E-state index contributed by atoms with van der Waals surface area (Å²) in [5, 5.41) is 2.17. The van der Waals surface area contributed by atoms with Crippen molar-refractivity contribution in [1.82, 2.24) is 15.0 Å². The molecule has 0 aliphatic heterocycles. The third-order valence-electron chi connectivity index (χ3n) is 3.09. The molecule has 0 saturated carbocycles. The first kappa shape index (κ1) is 18.0. The van der Waals surface area contributed by atoms with E-state index < -0.39 is 23.9 Å². The van der Waals surface area contributed by atoms with Gasteiger partial charge in [-0.1, -0.05) is 0 Å². The number of benzene rings is 1. The Hall–Kier alpha value is -3.76. The number of hydrogen-bond acceptors (Lipinski definition) is 7. The molecular weight excluding hydrogens is 369 g/mol. The van der Waals surface area contributed by atoms with Gasteiger partial charge in [-0.05, 0) is 24.3 Å². The number of nitrogens with one attached hydrogen (secondary N) is 1. The van der Waals surface area contributed by atoms with Gasteiger partial charge in [0.05, 0.1) is 6.20 Å². The Morgan fingerprint density at radius 2 is 1.85 bits per heavy atom. The van der Waals surface area contributed by atoms with Crippen molar-refractivity contribution in [3.05, 3.63) is 66.3 Å². The summed E-state index contributed by atoms with van der Waals surface area (Å²) in [5.41, 5.74) is 0.108. The summed E-state index contributed by atoms with van der Waals surface area (Å²) in [5.74, 6) is -3.16. The largest absolute Gasteiger partial charge is 0.469 e. The highest BCUT2D eigenvalue weighted by molar-refractivity contribution is 6.03. The summed E-state index contributed by atoms with van der Waals surface area (Å²) in [7, 11) is 0. The van der Waals surface area contributed by atoms with Crippen molar-refractivity contribution in [2.75, 3.05) is 5.32 Å². The highest BCUT2D eigenvalue weighted by Crippen LogP contribution is 2.29. The minimum absolute atomic E-state index is 0.00539. The van der Waals surface area contributed by atoms with Crippen molar-refractivity contribution in [3.63, 3.8) is 0 Å². The number of oxazole rings is 1. The lowest BCUT2D eigenvalue weighted by Gasteiger charge is -2.05. The molecule has 0 bridgehead atoms. The quantitative estimate of drug-likeness (QED) is 0.549. The monoisotopic (exact) mass is 378 g/mol. The molecule has 11 heteroatoms. The second-order valence-corrected chi connectivity index (χ2v) is 4.99. The average molecular weight is 378 g/mol. The highest BCUT2D eigenvalue weighted by Gasteiger charge is 2.37. The van der Waals surface area contributed by atoms with Crippen LogP contribution in [-0.2, 0) is 6.18 Å². The van der Waals surface area contributed by atoms with Gasteiger partial charge in [0.15, 0.2) is 11.5 Å². The maximum Gasteiger partial charge on any atom is 0.469 e. The number of esters is 1. The summed E-state index contributed by atoms with van der Waals surface area (Å²) in [4.78, 5) is 34.5. The molecule has 0 aliphatic carbocycles. The normalized spacial score (nSPS) is 11.1. The first-order chi connectivity index (χ1) is 12.8. The Morgan fingerprint density at radius 1 is 1.11 bits per heavy atom. The lowest BCUT2D eigenvalue weighted by molar-refractivity contribution is -0.157. The van der Waals surface area contributed by atoms with Gasteiger partial charge in [0.25, 0.3) is 5.91 Å². The molecule has 27 heavy (non-hydrogen) atoms. The van der Waals surface area contributed by atoms with Crippen molar-refractivity contribution >= 4 is 17.7 Å². The number of carbonyl (C=O) groups is 2. The number of rotatable bonds is 4. The zero-order valence-corrected chi connectivity index (χ0v) is 13.2. The van der Waals surface area contributed by atoms with Gasteiger partial charge in [0.2, 0.25) is 0 Å². The molecule has 2 aromatic heterocycles. The molecule has 0 spiro atoms. The van der Waals surface area contributed by atoms with E-state index in [1.54, 1.807) is 0 Å². The summed E-state index contributed by atoms with van der Waals surface area (Å²) in [6.45, 7) is 0. The fourth-order valence-electron chi connectivity index (χ4n) is 1.89. The van der Waals surface area contributed by atoms with Gasteiger partial charge in [0.1, 0.15) is 12.0 Å². The smallest absolute Gasteiger partial charge is 0.439 e. The molecule has 1 amide bonds. The number of carbonyl (C=O) groups excluding carboxylic acids is 2. The van der Waals surface area contributed by atoms with Gasteiger partial charge >= 0.3 is 18.0 Å². The van der Waals surface area contributed by atoms with Gasteiger partial charge in [-0.25, -0.2) is 9.78 Å². The third-order valence-corrected chi connectivity index (χ3v) is 3.09. The molecule has 0 unspecified atom stereocenters. The predicted octanol–water partition coefficient (Wildman–Crippen LogP) is 2.95. The van der Waals surface area contributed by atoms with Crippen LogP contribution in [0.3, 0.4) is 0 Å². The molecule has 0 atom stereocenters. The lowest BCUT2D eigenvalue weighted by atomic mass is 10.2. The topological polar surface area (TPSA) is 107 Å². The van der Waals surface area contributed by atoms with E-state index in [0.717, 1.165) is 0 Å². The number of ether oxygens (including phenoxy) is 1. The molecule has 1 aromatic carbocycles. The fourth-order valence-corrected chi connectivity index (χ4v) is 1.89. The SMILES string of the molecule is O=C(Nc1coc(C(F)(F)F)n1)c1ccc(OC(=O)c2cnccn2)cc1. The Bertz CT molecular complexity index is 956. The minimum Gasteiger partial charge on any atom is -0.439 e. The van der Waals surface area contributed by atoms with Crippen LogP contribution in [0.2, 0.25) is 0 Å². The van der Waals surface area contributed by atoms with Gasteiger partial charge in [0, 0.05) is 18.0 Å². The zero-order valence-electron chi connectivity index (χ0n) is 13.2. The standard InChI is InChI=1S/C16H9F3N4O4/c17-16(18,19)15-23-12(8-26-15)22-13(24)9-1-3-10(4-2-9)27-14(25)11-7-20-5-6-21-11/h1-8H,(H,22,24). The Morgan fingerprint density at radius 3 is 2.44 bits per heavy atom. The Labute approximate surface area is 149 Å². The number of nitrogens with zero attached hydrogens (tertiary/aromatic N) is 3. The zero-order chi connectivity index (χ0) is 19.4. The molecule has 3 aromatic rings. The van der Waals surface area contributed by atoms with E-state index in [4.69, 9.17) is 4.74 Å². The van der Waals surface area contributed by atoms with Crippen LogP contribution in [0.15, 0.2) is 53.5 Å². The van der Waals surface area contributed by atoms with Gasteiger partial charge in [-0.2, -0.15) is 18.2 Å². The van der Waals surface area contributed by atoms with Crippen LogP contribution < -0.4 is 10.1 Å². The van der Waals surface area contributed by atoms with Gasteiger partial charge < -0.3 is 14.5 Å². The number of hydrogen-bond donors (Lipinski definition) is 1. The number of halogens is 3. The van der Waals surface area contributed by atoms with Crippen LogP contribution in [-0.4, -0.2) is 26.8 Å². The van der Waals surface area contributed by atoms with Crippen LogP contribution >= 0.6 is 0 Å². The molecule has 0 aliphatic rings. The second kappa shape index (κ2) is 7.23. The molecule has 0 saturated heterocycles. The summed E-state index contributed by atoms with van der Waals surface area (Å²) in [6, 6.07) is 5.32. The van der Waals surface area contributed by atoms with Crippen LogP contribution in [0.4, 0.5) is 19.0 Å². The molecule has 1 N–H and O–H groups in total. The van der Waals surface area contributed by atoms with Crippen molar-refractivity contribution < 1.29 is 31.9 Å². The van der Waals surface area contributed by atoms with Gasteiger partial charge in [-0.15, -0.1) is 0 Å². The first-order valence-electron chi connectivity index (χ1n) is 7.25. The molecule has 0 fully saturated rings. The third kappa shape index (κ3) is 4.45. The van der Waals surface area contributed by atoms with E-state index in [1.165, 1.54) is 42.9 Å². The number of anilines is 1. The Kier molecular flexibility index (Phi) is 4.83. The van der Waals surface area contributed by atoms with Crippen molar-refractivity contribution in [3.8, 4) is 5.75 Å². The first-order valence-corrected chi connectivity index (χ1v) is 7.25. The number of aromatic nitrogens is 3. The van der Waals surface area contributed by atoms with E-state index in [0.29, 0.717) is 6.26 Å². The summed E-state index contributed by atoms with van der Waals surface area (Å²) < 4.78 is 46.6. The van der Waals surface area contributed by atoms with E-state index >= 15 is 0 Å².